The van der Waals surface area contributed by atoms with Gasteiger partial charge in [0.25, 0.3) is 0 Å². The van der Waals surface area contributed by atoms with Gasteiger partial charge in [-0.2, -0.15) is 0 Å². The van der Waals surface area contributed by atoms with E-state index >= 15 is 0 Å². The number of nitrogens with one attached hydrogen (secondary N) is 1. The molecular weight excluding hydrogens is 110 g/mol. The molecule has 1 unspecified atom stereocenters. The molecule has 0 aromatic carbocycles. The molecule has 1 atom stereocenters. The molecule has 0 aliphatic heterocycles. The van der Waals surface area contributed by atoms with Crippen LogP contribution < -0.4 is 0 Å². The summed E-state index contributed by atoms with van der Waals surface area (Å²) in [5.74, 6) is 0.590. The summed E-state index contributed by atoms with van der Waals surface area (Å²) in [5.41, 5.74) is 0. The van der Waals surface area contributed by atoms with Gasteiger partial charge in [-0.15, -0.1) is 0 Å². The van der Waals surface area contributed by atoms with Crippen LogP contribution in [0.2, 0.25) is 0 Å². The van der Waals surface area contributed by atoms with E-state index in [1.807, 2.05) is 6.92 Å². The fraction of sp³-hybridized carbons (Fsp3) is 0.625. The van der Waals surface area contributed by atoms with Gasteiger partial charge in [-0.05, 0) is 31.9 Å². The fourth-order valence-electron chi connectivity index (χ4n) is 0.805. The average molecular weight is 125 g/mol. The number of hydrogen-bond acceptors (Lipinski definition) is 1. The second-order valence-electron chi connectivity index (χ2n) is 2.13. The minimum absolute atomic E-state index is 0.590. The Hall–Kier alpha value is -0.590. The van der Waals surface area contributed by atoms with Gasteiger partial charge in [-0.1, -0.05) is 19.1 Å². The van der Waals surface area contributed by atoms with Gasteiger partial charge in [0.15, 0.2) is 0 Å². The van der Waals surface area contributed by atoms with Crippen molar-refractivity contribution in [2.45, 2.75) is 26.7 Å². The topological polar surface area (TPSA) is 23.9 Å². The van der Waals surface area contributed by atoms with Crippen LogP contribution in [0.15, 0.2) is 12.2 Å². The van der Waals surface area contributed by atoms with Gasteiger partial charge in [0, 0.05) is 0 Å². The van der Waals surface area contributed by atoms with Gasteiger partial charge in [-0.25, -0.2) is 0 Å². The van der Waals surface area contributed by atoms with Crippen molar-refractivity contribution in [1.29, 1.82) is 5.41 Å². The highest BCUT2D eigenvalue weighted by Gasteiger charge is 1.95. The first-order valence-electron chi connectivity index (χ1n) is 3.46. The van der Waals surface area contributed by atoms with E-state index < -0.39 is 0 Å². The molecule has 0 saturated heterocycles. The third-order valence-electron chi connectivity index (χ3n) is 1.41. The molecule has 0 bridgehead atoms. The van der Waals surface area contributed by atoms with Crippen LogP contribution in [-0.4, -0.2) is 6.21 Å². The highest BCUT2D eigenvalue weighted by atomic mass is 14.3. The summed E-state index contributed by atoms with van der Waals surface area (Å²) in [5, 5.41) is 6.86. The summed E-state index contributed by atoms with van der Waals surface area (Å²) in [6, 6.07) is 0. The van der Waals surface area contributed by atoms with E-state index in [-0.39, 0.29) is 0 Å². The summed E-state index contributed by atoms with van der Waals surface area (Å²) in [6.45, 7) is 4.17. The quantitative estimate of drug-likeness (QED) is 0.441. The number of hydrogen-bond donors (Lipinski definition) is 1. The Labute approximate surface area is 57.3 Å². The molecular formula is C8H15N. The summed E-state index contributed by atoms with van der Waals surface area (Å²) in [6.07, 6.45) is 7.72. The molecule has 0 aromatic heterocycles. The highest BCUT2D eigenvalue weighted by molar-refractivity contribution is 5.53. The van der Waals surface area contributed by atoms with E-state index in [0.717, 1.165) is 12.8 Å². The lowest BCUT2D eigenvalue weighted by Crippen LogP contribution is -1.93. The number of allylic oxidation sites excluding steroid dienone is 2. The monoisotopic (exact) mass is 125 g/mol. The van der Waals surface area contributed by atoms with Gasteiger partial charge in [-0.3, -0.25) is 0 Å². The standard InChI is InChI=1S/C8H15N/c1-3-5-8(4-2)6-7-9/h3,5,7-9H,4,6H2,1-2H3/b5-3-,9-7?. The molecule has 1 heteroatoms. The summed E-state index contributed by atoms with van der Waals surface area (Å²) in [4.78, 5) is 0. The van der Waals surface area contributed by atoms with Crippen molar-refractivity contribution < 1.29 is 0 Å². The molecule has 1 N–H and O–H groups in total. The van der Waals surface area contributed by atoms with Crippen LogP contribution in [0.1, 0.15) is 26.7 Å². The zero-order valence-electron chi connectivity index (χ0n) is 6.22. The van der Waals surface area contributed by atoms with Gasteiger partial charge in [0.05, 0.1) is 0 Å². The maximum atomic E-state index is 6.86. The maximum absolute atomic E-state index is 6.86. The average Bonchev–Trinajstić information content (AvgIpc) is 1.88. The van der Waals surface area contributed by atoms with Crippen molar-refractivity contribution in [3.05, 3.63) is 12.2 Å². The van der Waals surface area contributed by atoms with Crippen LogP contribution in [0.25, 0.3) is 0 Å². The molecule has 9 heavy (non-hydrogen) atoms. The van der Waals surface area contributed by atoms with Crippen molar-refractivity contribution in [3.8, 4) is 0 Å². The predicted molar refractivity (Wildman–Crippen MR) is 42.0 cm³/mol. The van der Waals surface area contributed by atoms with Crippen molar-refractivity contribution in [1.82, 2.24) is 0 Å². The SMILES string of the molecule is C/C=C\C(CC)CC=N. The third-order valence-corrected chi connectivity index (χ3v) is 1.41. The van der Waals surface area contributed by atoms with Gasteiger partial charge in [0.1, 0.15) is 0 Å². The Kier molecular flexibility index (Phi) is 5.18. The Balaban J connectivity index is 3.53. The minimum atomic E-state index is 0.590. The van der Waals surface area contributed by atoms with E-state index in [9.17, 15) is 0 Å². The third kappa shape index (κ3) is 3.95. The molecule has 0 spiro atoms. The van der Waals surface area contributed by atoms with Crippen molar-refractivity contribution in [2.24, 2.45) is 5.92 Å². The van der Waals surface area contributed by atoms with Crippen LogP contribution in [0.3, 0.4) is 0 Å². The first-order valence-corrected chi connectivity index (χ1v) is 3.46. The van der Waals surface area contributed by atoms with Crippen LogP contribution >= 0.6 is 0 Å². The van der Waals surface area contributed by atoms with Gasteiger partial charge >= 0.3 is 0 Å². The predicted octanol–water partition coefficient (Wildman–Crippen LogP) is 2.63. The van der Waals surface area contributed by atoms with Crippen molar-refractivity contribution in [2.75, 3.05) is 0 Å². The summed E-state index contributed by atoms with van der Waals surface area (Å²) >= 11 is 0. The Morgan fingerprint density at radius 2 is 2.22 bits per heavy atom. The first-order chi connectivity index (χ1) is 4.35. The Bertz CT molecular complexity index is 94.7. The molecule has 0 saturated carbocycles. The van der Waals surface area contributed by atoms with Crippen molar-refractivity contribution in [3.63, 3.8) is 0 Å². The second kappa shape index (κ2) is 5.54. The zero-order valence-corrected chi connectivity index (χ0v) is 6.22. The molecule has 0 amide bonds. The Morgan fingerprint density at radius 3 is 2.56 bits per heavy atom. The van der Waals surface area contributed by atoms with E-state index in [1.165, 1.54) is 6.21 Å². The molecule has 52 valence electrons. The van der Waals surface area contributed by atoms with Crippen LogP contribution in [0.5, 0.6) is 0 Å². The molecule has 0 fully saturated rings. The molecule has 1 nitrogen and oxygen atoms in total. The lowest BCUT2D eigenvalue weighted by molar-refractivity contribution is 0.658. The van der Waals surface area contributed by atoms with Crippen LogP contribution in [0.4, 0.5) is 0 Å². The van der Waals surface area contributed by atoms with E-state index in [2.05, 4.69) is 19.1 Å². The molecule has 0 heterocycles. The van der Waals surface area contributed by atoms with E-state index in [0.29, 0.717) is 5.92 Å². The van der Waals surface area contributed by atoms with E-state index in [4.69, 9.17) is 5.41 Å². The Morgan fingerprint density at radius 1 is 1.56 bits per heavy atom. The summed E-state index contributed by atoms with van der Waals surface area (Å²) in [7, 11) is 0. The number of rotatable bonds is 4. The minimum Gasteiger partial charge on any atom is -0.313 e. The highest BCUT2D eigenvalue weighted by Crippen LogP contribution is 2.06. The van der Waals surface area contributed by atoms with Crippen LogP contribution in [-0.2, 0) is 0 Å². The van der Waals surface area contributed by atoms with E-state index in [1.54, 1.807) is 0 Å². The second-order valence-corrected chi connectivity index (χ2v) is 2.13. The zero-order chi connectivity index (χ0) is 7.11. The molecule has 0 rings (SSSR count). The van der Waals surface area contributed by atoms with Crippen molar-refractivity contribution >= 4 is 6.21 Å². The van der Waals surface area contributed by atoms with Crippen LogP contribution in [0, 0.1) is 11.3 Å². The lowest BCUT2D eigenvalue weighted by Gasteiger charge is -2.02. The van der Waals surface area contributed by atoms with Gasteiger partial charge in [0.2, 0.25) is 0 Å². The largest absolute Gasteiger partial charge is 0.313 e. The van der Waals surface area contributed by atoms with Gasteiger partial charge < -0.3 is 5.41 Å². The molecule has 0 aromatic rings. The normalized spacial score (nSPS) is 14.0. The smallest absolute Gasteiger partial charge is 0.00419 e. The first kappa shape index (κ1) is 8.41. The molecule has 0 aliphatic carbocycles. The molecule has 0 radical (unpaired) electrons. The maximum Gasteiger partial charge on any atom is -0.00419 e. The lowest BCUT2D eigenvalue weighted by atomic mass is 10.0. The molecule has 0 aliphatic rings. The summed E-state index contributed by atoms with van der Waals surface area (Å²) < 4.78 is 0. The fourth-order valence-corrected chi connectivity index (χ4v) is 0.805.